The van der Waals surface area contributed by atoms with Crippen molar-refractivity contribution in [2.75, 3.05) is 11.8 Å². The quantitative estimate of drug-likeness (QED) is 0.692. The van der Waals surface area contributed by atoms with Crippen molar-refractivity contribution in [1.82, 2.24) is 0 Å². The van der Waals surface area contributed by atoms with Gasteiger partial charge in [0.25, 0.3) is 10.0 Å². The van der Waals surface area contributed by atoms with Crippen LogP contribution in [0.25, 0.3) is 0 Å². The van der Waals surface area contributed by atoms with Crippen LogP contribution >= 0.6 is 31.9 Å². The van der Waals surface area contributed by atoms with Gasteiger partial charge >= 0.3 is 5.97 Å². The molecule has 0 aliphatic rings. The van der Waals surface area contributed by atoms with Crippen LogP contribution in [0.15, 0.2) is 50.2 Å². The monoisotopic (exact) mass is 465 g/mol. The standard InChI is InChI=1S/C14H10Br2FNO4S/c1-22-14(19)8-2-4-10(5-3-8)18-23(20,21)13-11(15)6-9(17)7-12(13)16/h2-7,18H,1H3. The molecule has 0 bridgehead atoms. The molecule has 9 heteroatoms. The van der Waals surface area contributed by atoms with E-state index in [-0.39, 0.29) is 19.5 Å². The summed E-state index contributed by atoms with van der Waals surface area (Å²) in [4.78, 5) is 11.2. The Morgan fingerprint density at radius 1 is 1.13 bits per heavy atom. The molecular weight excluding hydrogens is 457 g/mol. The largest absolute Gasteiger partial charge is 0.465 e. The van der Waals surface area contributed by atoms with Gasteiger partial charge in [-0.1, -0.05) is 0 Å². The van der Waals surface area contributed by atoms with E-state index in [1.807, 2.05) is 0 Å². The molecule has 0 radical (unpaired) electrons. The first-order valence-electron chi connectivity index (χ1n) is 6.10. The third-order valence-electron chi connectivity index (χ3n) is 2.79. The van der Waals surface area contributed by atoms with Crippen molar-refractivity contribution >= 4 is 53.5 Å². The summed E-state index contributed by atoms with van der Waals surface area (Å²) in [7, 11) is -2.70. The molecule has 0 unspecified atom stereocenters. The van der Waals surface area contributed by atoms with Crippen molar-refractivity contribution in [2.45, 2.75) is 4.90 Å². The second-order valence-corrected chi connectivity index (χ2v) is 7.70. The van der Waals surface area contributed by atoms with Crippen LogP contribution in [0.2, 0.25) is 0 Å². The van der Waals surface area contributed by atoms with Gasteiger partial charge in [-0.05, 0) is 68.3 Å². The van der Waals surface area contributed by atoms with Crippen LogP contribution in [0, 0.1) is 5.82 Å². The van der Waals surface area contributed by atoms with Gasteiger partial charge in [-0.2, -0.15) is 0 Å². The third kappa shape index (κ3) is 4.10. The molecule has 23 heavy (non-hydrogen) atoms. The third-order valence-corrected chi connectivity index (χ3v) is 6.05. The number of nitrogens with one attached hydrogen (secondary N) is 1. The molecule has 0 heterocycles. The zero-order valence-electron chi connectivity index (χ0n) is 11.6. The van der Waals surface area contributed by atoms with Gasteiger partial charge in [0.1, 0.15) is 10.7 Å². The lowest BCUT2D eigenvalue weighted by Gasteiger charge is -2.12. The fraction of sp³-hybridized carbons (Fsp3) is 0.0714. The number of sulfonamides is 1. The summed E-state index contributed by atoms with van der Waals surface area (Å²) >= 11 is 6.07. The molecule has 0 aliphatic carbocycles. The fourth-order valence-electron chi connectivity index (χ4n) is 1.78. The molecule has 0 atom stereocenters. The molecule has 0 saturated carbocycles. The Morgan fingerprint density at radius 2 is 1.65 bits per heavy atom. The van der Waals surface area contributed by atoms with E-state index in [1.54, 1.807) is 0 Å². The van der Waals surface area contributed by atoms with Crippen molar-refractivity contribution < 1.29 is 22.3 Å². The number of halogens is 3. The summed E-state index contributed by atoms with van der Waals surface area (Å²) in [6, 6.07) is 7.82. The molecule has 2 aromatic carbocycles. The van der Waals surface area contributed by atoms with Crippen molar-refractivity contribution in [3.8, 4) is 0 Å². The Balaban J connectivity index is 2.34. The van der Waals surface area contributed by atoms with E-state index < -0.39 is 21.8 Å². The van der Waals surface area contributed by atoms with E-state index in [1.165, 1.54) is 31.4 Å². The fourth-order valence-corrected chi connectivity index (χ4v) is 5.37. The highest BCUT2D eigenvalue weighted by Gasteiger charge is 2.22. The summed E-state index contributed by atoms with van der Waals surface area (Å²) in [5, 5.41) is 0. The zero-order chi connectivity index (χ0) is 17.2. The number of carbonyl (C=O) groups is 1. The summed E-state index contributed by atoms with van der Waals surface area (Å²) in [5.41, 5.74) is 0.542. The minimum atomic E-state index is -3.96. The van der Waals surface area contributed by atoms with E-state index in [0.717, 1.165) is 12.1 Å². The van der Waals surface area contributed by atoms with Gasteiger partial charge in [-0.3, -0.25) is 4.72 Å². The lowest BCUT2D eigenvalue weighted by Crippen LogP contribution is -2.14. The zero-order valence-corrected chi connectivity index (χ0v) is 15.6. The molecule has 122 valence electrons. The number of rotatable bonds is 4. The van der Waals surface area contributed by atoms with Gasteiger partial charge < -0.3 is 4.74 Å². The first-order valence-corrected chi connectivity index (χ1v) is 9.17. The number of esters is 1. The van der Waals surface area contributed by atoms with Gasteiger partial charge in [0, 0.05) is 14.6 Å². The number of carbonyl (C=O) groups excluding carboxylic acids is 1. The van der Waals surface area contributed by atoms with Crippen LogP contribution in [0.1, 0.15) is 10.4 Å². The van der Waals surface area contributed by atoms with Gasteiger partial charge in [-0.25, -0.2) is 17.6 Å². The molecule has 0 fully saturated rings. The van der Waals surface area contributed by atoms with E-state index in [0.29, 0.717) is 5.56 Å². The van der Waals surface area contributed by atoms with Gasteiger partial charge in [0.2, 0.25) is 0 Å². The van der Waals surface area contributed by atoms with Gasteiger partial charge in [-0.15, -0.1) is 0 Å². The second kappa shape index (κ2) is 6.98. The molecule has 0 saturated heterocycles. The maximum Gasteiger partial charge on any atom is 0.337 e. The second-order valence-electron chi connectivity index (χ2n) is 4.37. The minimum absolute atomic E-state index is 0.0862. The molecule has 2 aromatic rings. The lowest BCUT2D eigenvalue weighted by molar-refractivity contribution is 0.0601. The topological polar surface area (TPSA) is 72.5 Å². The first kappa shape index (κ1) is 17.9. The van der Waals surface area contributed by atoms with Crippen molar-refractivity contribution in [3.63, 3.8) is 0 Å². The van der Waals surface area contributed by atoms with Crippen LogP contribution in [-0.2, 0) is 14.8 Å². The Morgan fingerprint density at radius 3 is 2.13 bits per heavy atom. The highest BCUT2D eigenvalue weighted by Crippen LogP contribution is 2.32. The predicted molar refractivity (Wildman–Crippen MR) is 90.4 cm³/mol. The molecule has 0 aliphatic heterocycles. The smallest absolute Gasteiger partial charge is 0.337 e. The molecule has 0 spiro atoms. The predicted octanol–water partition coefficient (Wildman–Crippen LogP) is 3.94. The Hall–Kier alpha value is -1.45. The summed E-state index contributed by atoms with van der Waals surface area (Å²) in [5.74, 6) is -1.10. The minimum Gasteiger partial charge on any atom is -0.465 e. The Kier molecular flexibility index (Phi) is 5.43. The van der Waals surface area contributed by atoms with E-state index in [4.69, 9.17) is 0 Å². The normalized spacial score (nSPS) is 11.1. The maximum atomic E-state index is 13.3. The van der Waals surface area contributed by atoms with Crippen LogP contribution in [0.5, 0.6) is 0 Å². The summed E-state index contributed by atoms with van der Waals surface area (Å²) in [6.45, 7) is 0. The van der Waals surface area contributed by atoms with E-state index in [9.17, 15) is 17.6 Å². The molecule has 2 rings (SSSR count). The molecule has 0 aromatic heterocycles. The SMILES string of the molecule is COC(=O)c1ccc(NS(=O)(=O)c2c(Br)cc(F)cc2Br)cc1. The van der Waals surface area contributed by atoms with Crippen LogP contribution in [0.3, 0.4) is 0 Å². The molecule has 0 amide bonds. The molecular formula is C14H10Br2FNO4S. The molecule has 5 nitrogen and oxygen atoms in total. The maximum absolute atomic E-state index is 13.3. The highest BCUT2D eigenvalue weighted by atomic mass is 79.9. The van der Waals surface area contributed by atoms with Gasteiger partial charge in [0.15, 0.2) is 0 Å². The number of ether oxygens (including phenoxy) is 1. The number of anilines is 1. The number of hydrogen-bond acceptors (Lipinski definition) is 4. The lowest BCUT2D eigenvalue weighted by atomic mass is 10.2. The van der Waals surface area contributed by atoms with Crippen LogP contribution in [-0.4, -0.2) is 21.5 Å². The Labute approximate surface area is 149 Å². The average Bonchev–Trinajstić information content (AvgIpc) is 2.45. The molecule has 1 N–H and O–H groups in total. The number of hydrogen-bond donors (Lipinski definition) is 1. The van der Waals surface area contributed by atoms with E-state index in [2.05, 4.69) is 41.3 Å². The van der Waals surface area contributed by atoms with Crippen LogP contribution < -0.4 is 4.72 Å². The summed E-state index contributed by atoms with van der Waals surface area (Å²) < 4.78 is 45.2. The van der Waals surface area contributed by atoms with Gasteiger partial charge in [0.05, 0.1) is 12.7 Å². The number of benzene rings is 2. The Bertz CT molecular complexity index is 831. The van der Waals surface area contributed by atoms with Crippen molar-refractivity contribution in [3.05, 3.63) is 56.7 Å². The number of methoxy groups -OCH3 is 1. The highest BCUT2D eigenvalue weighted by molar-refractivity contribution is 9.11. The van der Waals surface area contributed by atoms with E-state index >= 15 is 0 Å². The average molecular weight is 467 g/mol. The first-order chi connectivity index (χ1) is 10.7. The summed E-state index contributed by atoms with van der Waals surface area (Å²) in [6.07, 6.45) is 0. The van der Waals surface area contributed by atoms with Crippen molar-refractivity contribution in [2.24, 2.45) is 0 Å². The van der Waals surface area contributed by atoms with Crippen molar-refractivity contribution in [1.29, 1.82) is 0 Å². The van der Waals surface area contributed by atoms with Crippen LogP contribution in [0.4, 0.5) is 10.1 Å².